The van der Waals surface area contributed by atoms with Crippen molar-refractivity contribution in [3.63, 3.8) is 0 Å². The Bertz CT molecular complexity index is 447. The summed E-state index contributed by atoms with van der Waals surface area (Å²) in [4.78, 5) is 13.4. The van der Waals surface area contributed by atoms with Crippen molar-refractivity contribution in [3.8, 4) is 0 Å². The van der Waals surface area contributed by atoms with Crippen molar-refractivity contribution in [3.05, 3.63) is 35.0 Å². The normalized spacial score (nSPS) is 10.5. The fourth-order valence-electron chi connectivity index (χ4n) is 1.43. The second-order valence-corrected chi connectivity index (χ2v) is 3.25. The minimum Gasteiger partial charge on any atom is -0.360 e. The van der Waals surface area contributed by atoms with E-state index in [0.29, 0.717) is 11.4 Å². The molecule has 0 saturated carbocycles. The molecule has 0 spiro atoms. The lowest BCUT2D eigenvalue weighted by Gasteiger charge is -1.94. The third kappa shape index (κ3) is 1.33. The number of fused-ring (bicyclic) bond motifs is 1. The van der Waals surface area contributed by atoms with Gasteiger partial charge in [0.2, 0.25) is 0 Å². The first-order chi connectivity index (χ1) is 6.33. The molecule has 0 unspecified atom stereocenters. The Labute approximate surface area is 80.5 Å². The highest BCUT2D eigenvalue weighted by Crippen LogP contribution is 2.24. The van der Waals surface area contributed by atoms with Crippen molar-refractivity contribution in [1.29, 1.82) is 0 Å². The average molecular weight is 194 g/mol. The molecular weight excluding hydrogens is 186 g/mol. The molecule has 0 atom stereocenters. The summed E-state index contributed by atoms with van der Waals surface area (Å²) in [7, 11) is 0. The van der Waals surface area contributed by atoms with Crippen LogP contribution in [-0.2, 0) is 11.2 Å². The quantitative estimate of drug-likeness (QED) is 0.731. The van der Waals surface area contributed by atoms with Crippen LogP contribution in [0.4, 0.5) is 0 Å². The maximum atomic E-state index is 10.4. The summed E-state index contributed by atoms with van der Waals surface area (Å²) in [6, 6.07) is 5.66. The third-order valence-electron chi connectivity index (χ3n) is 2.05. The third-order valence-corrected chi connectivity index (χ3v) is 2.37. The molecule has 1 aromatic heterocycles. The van der Waals surface area contributed by atoms with Crippen molar-refractivity contribution in [2.45, 2.75) is 6.42 Å². The summed E-state index contributed by atoms with van der Waals surface area (Å²) in [5.74, 6) is 0. The van der Waals surface area contributed by atoms with Crippen molar-refractivity contribution < 1.29 is 4.79 Å². The Morgan fingerprint density at radius 2 is 2.31 bits per heavy atom. The molecule has 0 fully saturated rings. The van der Waals surface area contributed by atoms with Crippen LogP contribution in [0.25, 0.3) is 10.9 Å². The van der Waals surface area contributed by atoms with Gasteiger partial charge >= 0.3 is 0 Å². The maximum Gasteiger partial charge on any atom is 0.124 e. The highest BCUT2D eigenvalue weighted by atomic mass is 35.5. The van der Waals surface area contributed by atoms with Crippen LogP contribution in [0.2, 0.25) is 5.02 Å². The SMILES string of the molecule is O=CCc1c[nH]c2c(Cl)cccc12. The number of H-pyrrole nitrogens is 1. The van der Waals surface area contributed by atoms with Gasteiger partial charge in [-0.1, -0.05) is 23.7 Å². The topological polar surface area (TPSA) is 32.9 Å². The van der Waals surface area contributed by atoms with Gasteiger partial charge in [-0.25, -0.2) is 0 Å². The number of nitrogens with one attached hydrogen (secondary N) is 1. The number of aldehydes is 1. The Kier molecular flexibility index (Phi) is 2.07. The lowest BCUT2D eigenvalue weighted by molar-refractivity contribution is -0.107. The largest absolute Gasteiger partial charge is 0.360 e. The zero-order chi connectivity index (χ0) is 9.26. The number of halogens is 1. The minimum absolute atomic E-state index is 0.431. The predicted octanol–water partition coefficient (Wildman–Crippen LogP) is 2.56. The van der Waals surface area contributed by atoms with E-state index < -0.39 is 0 Å². The van der Waals surface area contributed by atoms with Crippen LogP contribution >= 0.6 is 11.6 Å². The Morgan fingerprint density at radius 1 is 1.46 bits per heavy atom. The molecule has 2 nitrogen and oxygen atoms in total. The Hall–Kier alpha value is -1.28. The molecule has 2 rings (SSSR count). The molecule has 1 aromatic carbocycles. The van der Waals surface area contributed by atoms with Crippen LogP contribution in [0.3, 0.4) is 0 Å². The molecule has 1 N–H and O–H groups in total. The molecule has 0 aliphatic heterocycles. The van der Waals surface area contributed by atoms with Gasteiger partial charge in [0.1, 0.15) is 6.29 Å². The highest BCUT2D eigenvalue weighted by molar-refractivity contribution is 6.35. The van der Waals surface area contributed by atoms with Gasteiger partial charge < -0.3 is 9.78 Å². The number of hydrogen-bond donors (Lipinski definition) is 1. The summed E-state index contributed by atoms with van der Waals surface area (Å²) >= 11 is 5.95. The summed E-state index contributed by atoms with van der Waals surface area (Å²) in [6.07, 6.45) is 3.15. The van der Waals surface area contributed by atoms with E-state index in [1.54, 1.807) is 0 Å². The zero-order valence-corrected chi connectivity index (χ0v) is 7.64. The van der Waals surface area contributed by atoms with Crippen molar-refractivity contribution >= 4 is 28.8 Å². The van der Waals surface area contributed by atoms with E-state index in [2.05, 4.69) is 4.98 Å². The molecule has 0 aliphatic rings. The Balaban J connectivity index is 2.67. The molecule has 0 bridgehead atoms. The number of carbonyl (C=O) groups excluding carboxylic acids is 1. The number of benzene rings is 1. The van der Waals surface area contributed by atoms with Crippen LogP contribution in [0.15, 0.2) is 24.4 Å². The molecule has 0 saturated heterocycles. The highest BCUT2D eigenvalue weighted by Gasteiger charge is 2.04. The van der Waals surface area contributed by atoms with E-state index in [-0.39, 0.29) is 0 Å². The number of carbonyl (C=O) groups is 1. The van der Waals surface area contributed by atoms with Crippen LogP contribution in [0.1, 0.15) is 5.56 Å². The van der Waals surface area contributed by atoms with Gasteiger partial charge in [0.25, 0.3) is 0 Å². The van der Waals surface area contributed by atoms with E-state index in [9.17, 15) is 4.79 Å². The number of aromatic amines is 1. The molecular formula is C10H8ClNO. The molecule has 0 amide bonds. The number of hydrogen-bond acceptors (Lipinski definition) is 1. The predicted molar refractivity (Wildman–Crippen MR) is 53.1 cm³/mol. The van der Waals surface area contributed by atoms with E-state index in [1.165, 1.54) is 0 Å². The lowest BCUT2D eigenvalue weighted by Crippen LogP contribution is -1.81. The smallest absolute Gasteiger partial charge is 0.124 e. The maximum absolute atomic E-state index is 10.4. The van der Waals surface area contributed by atoms with Crippen LogP contribution in [0, 0.1) is 0 Å². The molecule has 66 valence electrons. The standard InChI is InChI=1S/C10H8ClNO/c11-9-3-1-2-8-7(4-5-13)6-12-10(8)9/h1-3,5-6,12H,4H2. The summed E-state index contributed by atoms with van der Waals surface area (Å²) in [5, 5.41) is 1.72. The fraction of sp³-hybridized carbons (Fsp3) is 0.100. The second-order valence-electron chi connectivity index (χ2n) is 2.85. The first-order valence-corrected chi connectivity index (χ1v) is 4.39. The van der Waals surface area contributed by atoms with Gasteiger partial charge in [-0.05, 0) is 11.6 Å². The van der Waals surface area contributed by atoms with Gasteiger partial charge in [-0.3, -0.25) is 0 Å². The summed E-state index contributed by atoms with van der Waals surface area (Å²) < 4.78 is 0. The molecule has 1 heterocycles. The molecule has 2 aromatic rings. The van der Waals surface area contributed by atoms with E-state index in [1.807, 2.05) is 24.4 Å². The van der Waals surface area contributed by atoms with Crippen LogP contribution in [0.5, 0.6) is 0 Å². The fourth-order valence-corrected chi connectivity index (χ4v) is 1.66. The number of aromatic nitrogens is 1. The molecule has 3 heteroatoms. The van der Waals surface area contributed by atoms with Gasteiger partial charge in [-0.15, -0.1) is 0 Å². The monoisotopic (exact) mass is 193 g/mol. The zero-order valence-electron chi connectivity index (χ0n) is 6.88. The summed E-state index contributed by atoms with van der Waals surface area (Å²) in [6.45, 7) is 0. The first kappa shape index (κ1) is 8.32. The second kappa shape index (κ2) is 3.23. The number of para-hydroxylation sites is 1. The Morgan fingerprint density at radius 3 is 3.08 bits per heavy atom. The minimum atomic E-state index is 0.431. The average Bonchev–Trinajstić information content (AvgIpc) is 2.51. The molecule has 13 heavy (non-hydrogen) atoms. The van der Waals surface area contributed by atoms with Crippen molar-refractivity contribution in [2.24, 2.45) is 0 Å². The first-order valence-electron chi connectivity index (χ1n) is 4.01. The molecule has 0 radical (unpaired) electrons. The lowest BCUT2D eigenvalue weighted by atomic mass is 10.1. The van der Waals surface area contributed by atoms with Crippen LogP contribution in [-0.4, -0.2) is 11.3 Å². The van der Waals surface area contributed by atoms with Crippen LogP contribution < -0.4 is 0 Å². The molecule has 0 aliphatic carbocycles. The van der Waals surface area contributed by atoms with Gasteiger partial charge in [0, 0.05) is 18.0 Å². The number of rotatable bonds is 2. The van der Waals surface area contributed by atoms with Crippen molar-refractivity contribution in [2.75, 3.05) is 0 Å². The van der Waals surface area contributed by atoms with Crippen molar-refractivity contribution in [1.82, 2.24) is 4.98 Å². The van der Waals surface area contributed by atoms with Gasteiger partial charge in [0.05, 0.1) is 10.5 Å². The van der Waals surface area contributed by atoms with Gasteiger partial charge in [-0.2, -0.15) is 0 Å². The van der Waals surface area contributed by atoms with E-state index in [0.717, 1.165) is 22.8 Å². The van der Waals surface area contributed by atoms with E-state index in [4.69, 9.17) is 11.6 Å². The summed E-state index contributed by atoms with van der Waals surface area (Å²) in [5.41, 5.74) is 1.90. The van der Waals surface area contributed by atoms with Gasteiger partial charge in [0.15, 0.2) is 0 Å². The van der Waals surface area contributed by atoms with E-state index >= 15 is 0 Å².